The van der Waals surface area contributed by atoms with Gasteiger partial charge in [-0.1, -0.05) is 12.2 Å². The number of hydrogen-bond acceptors (Lipinski definition) is 2. The Morgan fingerprint density at radius 3 is 2.79 bits per heavy atom. The molecule has 0 amide bonds. The highest BCUT2D eigenvalue weighted by atomic mass is 35.5. The van der Waals surface area contributed by atoms with Gasteiger partial charge in [0.2, 0.25) is 0 Å². The van der Waals surface area contributed by atoms with Crippen molar-refractivity contribution in [2.75, 3.05) is 5.88 Å². The van der Waals surface area contributed by atoms with Crippen molar-refractivity contribution in [1.29, 1.82) is 0 Å². The van der Waals surface area contributed by atoms with Crippen molar-refractivity contribution >= 4 is 11.6 Å². The second-order valence-electron chi connectivity index (χ2n) is 3.02. The van der Waals surface area contributed by atoms with E-state index in [-0.39, 0.29) is 5.56 Å². The van der Waals surface area contributed by atoms with E-state index in [9.17, 15) is 4.79 Å². The van der Waals surface area contributed by atoms with Crippen molar-refractivity contribution in [3.8, 4) is 0 Å². The van der Waals surface area contributed by atoms with E-state index in [2.05, 4.69) is 4.98 Å². The van der Waals surface area contributed by atoms with Gasteiger partial charge in [0.05, 0.1) is 0 Å². The lowest BCUT2D eigenvalue weighted by atomic mass is 10.4. The van der Waals surface area contributed by atoms with E-state index >= 15 is 0 Å². The molecule has 0 bridgehead atoms. The van der Waals surface area contributed by atoms with Crippen LogP contribution in [0.15, 0.2) is 23.0 Å². The van der Waals surface area contributed by atoms with Crippen molar-refractivity contribution in [1.82, 2.24) is 9.55 Å². The first-order chi connectivity index (χ1) is 6.65. The summed E-state index contributed by atoms with van der Waals surface area (Å²) in [5.74, 6) is 1.20. The maximum Gasteiger partial charge on any atom is 0.253 e. The second kappa shape index (κ2) is 4.96. The lowest BCUT2D eigenvalue weighted by molar-refractivity contribution is 0.707. The molecule has 0 aliphatic carbocycles. The molecule has 0 spiro atoms. The fourth-order valence-electron chi connectivity index (χ4n) is 1.23. The first kappa shape index (κ1) is 11.0. The highest BCUT2D eigenvalue weighted by Gasteiger charge is 1.99. The SMILES string of the molecule is Cc1cc(=O)n(CC=CCCl)c(C)n1. The van der Waals surface area contributed by atoms with Gasteiger partial charge in [-0.25, -0.2) is 4.98 Å². The van der Waals surface area contributed by atoms with Crippen LogP contribution >= 0.6 is 11.6 Å². The molecule has 0 radical (unpaired) electrons. The Hall–Kier alpha value is -1.09. The van der Waals surface area contributed by atoms with Crippen LogP contribution in [0.5, 0.6) is 0 Å². The third kappa shape index (κ3) is 2.70. The molecule has 0 N–H and O–H groups in total. The third-order valence-corrected chi connectivity index (χ3v) is 2.05. The first-order valence-electron chi connectivity index (χ1n) is 4.41. The van der Waals surface area contributed by atoms with Gasteiger partial charge in [0.1, 0.15) is 5.82 Å². The van der Waals surface area contributed by atoms with Gasteiger partial charge in [-0.2, -0.15) is 0 Å². The van der Waals surface area contributed by atoms with Gasteiger partial charge >= 0.3 is 0 Å². The van der Waals surface area contributed by atoms with Crippen LogP contribution in [0.1, 0.15) is 11.5 Å². The lowest BCUT2D eigenvalue weighted by Crippen LogP contribution is -2.22. The molecule has 0 aliphatic heterocycles. The van der Waals surface area contributed by atoms with E-state index < -0.39 is 0 Å². The first-order valence-corrected chi connectivity index (χ1v) is 4.94. The van der Waals surface area contributed by atoms with E-state index in [1.807, 2.05) is 26.0 Å². The summed E-state index contributed by atoms with van der Waals surface area (Å²) in [6.07, 6.45) is 3.67. The number of allylic oxidation sites excluding steroid dienone is 2. The molecule has 76 valence electrons. The second-order valence-corrected chi connectivity index (χ2v) is 3.33. The molecule has 0 saturated heterocycles. The highest BCUT2D eigenvalue weighted by Crippen LogP contribution is 1.93. The average Bonchev–Trinajstić information content (AvgIpc) is 2.09. The van der Waals surface area contributed by atoms with E-state index in [1.165, 1.54) is 6.07 Å². The molecule has 4 heteroatoms. The Kier molecular flexibility index (Phi) is 3.89. The molecule has 14 heavy (non-hydrogen) atoms. The van der Waals surface area contributed by atoms with Gasteiger partial charge in [-0.3, -0.25) is 9.36 Å². The number of alkyl halides is 1. The van der Waals surface area contributed by atoms with E-state index in [1.54, 1.807) is 4.57 Å². The molecule has 0 saturated carbocycles. The fourth-order valence-corrected chi connectivity index (χ4v) is 1.35. The van der Waals surface area contributed by atoms with Gasteiger partial charge in [0, 0.05) is 24.2 Å². The maximum absolute atomic E-state index is 11.5. The largest absolute Gasteiger partial charge is 0.293 e. The molecule has 0 unspecified atom stereocenters. The Labute approximate surface area is 88.0 Å². The van der Waals surface area contributed by atoms with Gasteiger partial charge in [-0.05, 0) is 13.8 Å². The van der Waals surface area contributed by atoms with Gasteiger partial charge < -0.3 is 0 Å². The van der Waals surface area contributed by atoms with Crippen molar-refractivity contribution in [2.45, 2.75) is 20.4 Å². The molecule has 0 aliphatic rings. The third-order valence-electron chi connectivity index (χ3n) is 1.87. The predicted octanol–water partition coefficient (Wildman–Crippen LogP) is 1.66. The van der Waals surface area contributed by atoms with E-state index in [0.29, 0.717) is 12.4 Å². The molecule has 1 aromatic rings. The van der Waals surface area contributed by atoms with Crippen LogP contribution in [-0.4, -0.2) is 15.4 Å². The standard InChI is InChI=1S/C10H13ClN2O/c1-8-7-10(14)13(9(2)12-8)6-4-3-5-11/h3-4,7H,5-6H2,1-2H3. The number of rotatable bonds is 3. The van der Waals surface area contributed by atoms with Crippen molar-refractivity contribution < 1.29 is 0 Å². The summed E-state index contributed by atoms with van der Waals surface area (Å²) in [5, 5.41) is 0. The van der Waals surface area contributed by atoms with Crippen LogP contribution in [0.25, 0.3) is 0 Å². The number of halogens is 1. The van der Waals surface area contributed by atoms with Crippen LogP contribution in [-0.2, 0) is 6.54 Å². The summed E-state index contributed by atoms with van der Waals surface area (Å²) in [4.78, 5) is 15.7. The molecule has 3 nitrogen and oxygen atoms in total. The van der Waals surface area contributed by atoms with Crippen LogP contribution in [0, 0.1) is 13.8 Å². The van der Waals surface area contributed by atoms with Gasteiger partial charge in [-0.15, -0.1) is 11.6 Å². The molecule has 1 aromatic heterocycles. The Morgan fingerprint density at radius 1 is 1.50 bits per heavy atom. The predicted molar refractivity (Wildman–Crippen MR) is 57.8 cm³/mol. The van der Waals surface area contributed by atoms with Crippen LogP contribution in [0.4, 0.5) is 0 Å². The topological polar surface area (TPSA) is 34.9 Å². The van der Waals surface area contributed by atoms with Gasteiger partial charge in [0.25, 0.3) is 5.56 Å². The zero-order valence-electron chi connectivity index (χ0n) is 8.33. The van der Waals surface area contributed by atoms with Crippen LogP contribution in [0.3, 0.4) is 0 Å². The quantitative estimate of drug-likeness (QED) is 0.564. The minimum Gasteiger partial charge on any atom is -0.293 e. The summed E-state index contributed by atoms with van der Waals surface area (Å²) >= 11 is 5.48. The maximum atomic E-state index is 11.5. The molecule has 1 rings (SSSR count). The Morgan fingerprint density at radius 2 is 2.21 bits per heavy atom. The molecular weight excluding hydrogens is 200 g/mol. The van der Waals surface area contributed by atoms with E-state index in [0.717, 1.165) is 11.5 Å². The number of aromatic nitrogens is 2. The smallest absolute Gasteiger partial charge is 0.253 e. The minimum absolute atomic E-state index is 0.0192. The highest BCUT2D eigenvalue weighted by molar-refractivity contribution is 6.18. The normalized spacial score (nSPS) is 11.1. The zero-order valence-corrected chi connectivity index (χ0v) is 9.08. The molecule has 0 fully saturated rings. The summed E-state index contributed by atoms with van der Waals surface area (Å²) in [7, 11) is 0. The fraction of sp³-hybridized carbons (Fsp3) is 0.400. The number of nitrogens with zero attached hydrogens (tertiary/aromatic N) is 2. The summed E-state index contributed by atoms with van der Waals surface area (Å²) in [6.45, 7) is 4.17. The Balaban J connectivity index is 2.97. The van der Waals surface area contributed by atoms with Crippen molar-refractivity contribution in [3.05, 3.63) is 40.1 Å². The summed E-state index contributed by atoms with van der Waals surface area (Å²) in [5.41, 5.74) is 0.735. The Bertz CT molecular complexity index is 396. The van der Waals surface area contributed by atoms with Crippen LogP contribution in [0.2, 0.25) is 0 Å². The zero-order chi connectivity index (χ0) is 10.6. The molecule has 1 heterocycles. The van der Waals surface area contributed by atoms with Crippen LogP contribution < -0.4 is 5.56 Å². The van der Waals surface area contributed by atoms with Crippen molar-refractivity contribution in [3.63, 3.8) is 0 Å². The molecule has 0 aromatic carbocycles. The minimum atomic E-state index is -0.0192. The lowest BCUT2D eigenvalue weighted by Gasteiger charge is -2.06. The molecule has 0 atom stereocenters. The molecular formula is C10H13ClN2O. The summed E-state index contributed by atoms with van der Waals surface area (Å²) < 4.78 is 1.61. The summed E-state index contributed by atoms with van der Waals surface area (Å²) in [6, 6.07) is 1.53. The average molecular weight is 213 g/mol. The monoisotopic (exact) mass is 212 g/mol. The van der Waals surface area contributed by atoms with Crippen molar-refractivity contribution in [2.24, 2.45) is 0 Å². The number of hydrogen-bond donors (Lipinski definition) is 0. The van der Waals surface area contributed by atoms with Gasteiger partial charge in [0.15, 0.2) is 0 Å². The number of aryl methyl sites for hydroxylation is 2. The van der Waals surface area contributed by atoms with E-state index in [4.69, 9.17) is 11.6 Å².